The van der Waals surface area contributed by atoms with E-state index in [-0.39, 0.29) is 0 Å². The Hall–Kier alpha value is -2.89. The van der Waals surface area contributed by atoms with Crippen LogP contribution in [0.2, 0.25) is 5.02 Å². The van der Waals surface area contributed by atoms with Crippen LogP contribution in [0.25, 0.3) is 0 Å². The van der Waals surface area contributed by atoms with Crippen LogP contribution in [-0.4, -0.2) is 33.8 Å². The zero-order chi connectivity index (χ0) is 21.5. The van der Waals surface area contributed by atoms with Gasteiger partial charge in [0.2, 0.25) is 0 Å². The van der Waals surface area contributed by atoms with Crippen LogP contribution in [0.15, 0.2) is 71.9 Å². The Morgan fingerprint density at radius 1 is 0.938 bits per heavy atom. The van der Waals surface area contributed by atoms with Crippen LogP contribution < -0.4 is 10.6 Å². The van der Waals surface area contributed by atoms with E-state index in [0.717, 1.165) is 48.0 Å². The summed E-state index contributed by atoms with van der Waals surface area (Å²) in [6, 6.07) is 22.2. The molecule has 2 fully saturated rings. The largest absolute Gasteiger partial charge is 0.338 e. The summed E-state index contributed by atoms with van der Waals surface area (Å²) in [5, 5.41) is 7.69. The molecule has 32 heavy (non-hydrogen) atoms. The summed E-state index contributed by atoms with van der Waals surface area (Å²) in [4.78, 5) is 12.5. The minimum Gasteiger partial charge on any atom is -0.338 e. The number of amidine groups is 1. The third-order valence-electron chi connectivity index (χ3n) is 6.93. The van der Waals surface area contributed by atoms with Crippen LogP contribution in [0.3, 0.4) is 0 Å². The van der Waals surface area contributed by atoms with Gasteiger partial charge in [0.25, 0.3) is 0 Å². The maximum atomic E-state index is 6.37. The number of anilines is 3. The Kier molecular flexibility index (Phi) is 5.08. The molecule has 0 aliphatic carbocycles. The van der Waals surface area contributed by atoms with E-state index in [0.29, 0.717) is 23.1 Å². The van der Waals surface area contributed by atoms with Gasteiger partial charge < -0.3 is 10.6 Å². The summed E-state index contributed by atoms with van der Waals surface area (Å²) in [7, 11) is 0. The standard InChI is InChI=1S/C26H26ClN5/c27-18-8-11-23-22(13-18)25(31-24-7-4-12-28-26(24)30-23)29-19-14-20-9-10-21(15-19)32(20)16-17-5-2-1-3-6-17/h1-8,11-13,19-21H,9-10,14-16H2,(H,28,30)(H,29,31). The molecule has 4 heterocycles. The fraction of sp³-hybridized carbons (Fsp3) is 0.308. The fourth-order valence-electron chi connectivity index (χ4n) is 5.44. The molecule has 0 saturated carbocycles. The first-order chi connectivity index (χ1) is 15.7. The number of nitrogens with one attached hydrogen (secondary N) is 2. The maximum Gasteiger partial charge on any atom is 0.154 e. The average Bonchev–Trinajstić information content (AvgIpc) is 2.97. The molecule has 6 rings (SSSR count). The van der Waals surface area contributed by atoms with Crippen LogP contribution in [0.1, 0.15) is 36.8 Å². The van der Waals surface area contributed by atoms with Gasteiger partial charge in [-0.1, -0.05) is 41.9 Å². The molecule has 162 valence electrons. The predicted octanol–water partition coefficient (Wildman–Crippen LogP) is 5.85. The molecular weight excluding hydrogens is 418 g/mol. The number of rotatable bonds is 3. The Balaban J connectivity index is 1.29. The van der Waals surface area contributed by atoms with Gasteiger partial charge in [0.05, 0.1) is 17.4 Å². The molecule has 2 saturated heterocycles. The summed E-state index contributed by atoms with van der Waals surface area (Å²) in [5.74, 6) is 1.68. The highest BCUT2D eigenvalue weighted by molar-refractivity contribution is 6.31. The first-order valence-corrected chi connectivity index (χ1v) is 11.8. The minimum atomic E-state index is 0.298. The van der Waals surface area contributed by atoms with E-state index in [4.69, 9.17) is 16.6 Å². The third-order valence-corrected chi connectivity index (χ3v) is 7.16. The lowest BCUT2D eigenvalue weighted by Crippen LogP contribution is -2.44. The zero-order valence-corrected chi connectivity index (χ0v) is 18.6. The topological polar surface area (TPSA) is 52.5 Å². The highest BCUT2D eigenvalue weighted by Gasteiger charge is 2.40. The maximum absolute atomic E-state index is 6.37. The van der Waals surface area contributed by atoms with Gasteiger partial charge in [-0.05, 0) is 61.6 Å². The Morgan fingerprint density at radius 3 is 2.56 bits per heavy atom. The van der Waals surface area contributed by atoms with E-state index in [9.17, 15) is 0 Å². The van der Waals surface area contributed by atoms with Gasteiger partial charge in [0, 0.05) is 35.4 Å². The number of hydrogen-bond acceptors (Lipinski definition) is 4. The number of aliphatic imine (C=N–C) groups is 1. The highest BCUT2D eigenvalue weighted by Crippen LogP contribution is 2.39. The smallest absolute Gasteiger partial charge is 0.154 e. The van der Waals surface area contributed by atoms with Crippen molar-refractivity contribution in [2.24, 2.45) is 4.99 Å². The highest BCUT2D eigenvalue weighted by atomic mass is 35.5. The number of halogens is 1. The van der Waals surface area contributed by atoms with Gasteiger partial charge in [-0.15, -0.1) is 0 Å². The van der Waals surface area contributed by atoms with Crippen molar-refractivity contribution in [3.8, 4) is 0 Å². The van der Waals surface area contributed by atoms with Crippen molar-refractivity contribution in [2.45, 2.75) is 50.4 Å². The number of aromatic nitrogens is 1. The average molecular weight is 444 g/mol. The molecule has 0 radical (unpaired) electrons. The van der Waals surface area contributed by atoms with Gasteiger partial charge in [0.1, 0.15) is 5.84 Å². The zero-order valence-electron chi connectivity index (χ0n) is 17.8. The Bertz CT molecular complexity index is 1150. The van der Waals surface area contributed by atoms with Crippen LogP contribution in [-0.2, 0) is 6.54 Å². The number of fused-ring (bicyclic) bond motifs is 4. The molecule has 2 atom stereocenters. The molecule has 0 amide bonds. The lowest BCUT2D eigenvalue weighted by Gasteiger charge is -2.38. The molecule has 1 aromatic heterocycles. The number of piperidine rings is 1. The quantitative estimate of drug-likeness (QED) is 0.533. The molecular formula is C26H26ClN5. The summed E-state index contributed by atoms with van der Waals surface area (Å²) in [6.07, 6.45) is 6.52. The van der Waals surface area contributed by atoms with Crippen molar-refractivity contribution in [1.29, 1.82) is 0 Å². The molecule has 2 bridgehead atoms. The summed E-state index contributed by atoms with van der Waals surface area (Å²) < 4.78 is 0. The van der Waals surface area contributed by atoms with E-state index in [1.165, 1.54) is 18.4 Å². The van der Waals surface area contributed by atoms with Crippen molar-refractivity contribution >= 4 is 34.6 Å². The van der Waals surface area contributed by atoms with Crippen molar-refractivity contribution in [1.82, 2.24) is 9.88 Å². The van der Waals surface area contributed by atoms with Crippen molar-refractivity contribution in [3.05, 3.63) is 83.0 Å². The number of benzene rings is 2. The van der Waals surface area contributed by atoms with Gasteiger partial charge in [-0.3, -0.25) is 9.89 Å². The predicted molar refractivity (Wildman–Crippen MR) is 131 cm³/mol. The summed E-state index contributed by atoms with van der Waals surface area (Å²) in [6.45, 7) is 1.04. The molecule has 2 aromatic carbocycles. The molecule has 0 spiro atoms. The van der Waals surface area contributed by atoms with Gasteiger partial charge >= 0.3 is 0 Å². The Morgan fingerprint density at radius 2 is 1.75 bits per heavy atom. The van der Waals surface area contributed by atoms with E-state index < -0.39 is 0 Å². The van der Waals surface area contributed by atoms with E-state index in [1.807, 2.05) is 30.3 Å². The second kappa shape index (κ2) is 8.23. The van der Waals surface area contributed by atoms with Crippen LogP contribution >= 0.6 is 11.6 Å². The number of hydrogen-bond donors (Lipinski definition) is 2. The minimum absolute atomic E-state index is 0.298. The number of pyridine rings is 1. The summed E-state index contributed by atoms with van der Waals surface area (Å²) in [5.41, 5.74) is 4.30. The second-order valence-electron chi connectivity index (χ2n) is 8.99. The van der Waals surface area contributed by atoms with E-state index in [1.54, 1.807) is 6.20 Å². The van der Waals surface area contributed by atoms with Crippen LogP contribution in [0.5, 0.6) is 0 Å². The molecule has 3 aliphatic heterocycles. The van der Waals surface area contributed by atoms with Crippen molar-refractivity contribution in [3.63, 3.8) is 0 Å². The van der Waals surface area contributed by atoms with Crippen molar-refractivity contribution < 1.29 is 0 Å². The van der Waals surface area contributed by atoms with Gasteiger partial charge in [-0.25, -0.2) is 4.98 Å². The molecule has 6 heteroatoms. The van der Waals surface area contributed by atoms with Crippen LogP contribution in [0.4, 0.5) is 17.2 Å². The first kappa shape index (κ1) is 19.8. The normalized spacial score (nSPS) is 25.4. The molecule has 3 aliphatic rings. The van der Waals surface area contributed by atoms with Gasteiger partial charge in [-0.2, -0.15) is 0 Å². The van der Waals surface area contributed by atoms with Crippen LogP contribution in [0, 0.1) is 0 Å². The fourth-order valence-corrected chi connectivity index (χ4v) is 5.61. The van der Waals surface area contributed by atoms with Gasteiger partial charge in [0.15, 0.2) is 5.82 Å². The molecule has 3 aromatic rings. The third kappa shape index (κ3) is 3.76. The monoisotopic (exact) mass is 443 g/mol. The van der Waals surface area contributed by atoms with E-state index in [2.05, 4.69) is 50.8 Å². The molecule has 2 N–H and O–H groups in total. The second-order valence-corrected chi connectivity index (χ2v) is 9.42. The molecule has 2 unspecified atom stereocenters. The summed E-state index contributed by atoms with van der Waals surface area (Å²) >= 11 is 6.37. The SMILES string of the molecule is Clc1ccc2c(c1)C(=NC1CC3CCC(C1)N3Cc1ccccc1)Nc1cccnc1N2. The number of nitrogens with zero attached hydrogens (tertiary/aromatic N) is 3. The lowest BCUT2D eigenvalue weighted by molar-refractivity contribution is 0.120. The first-order valence-electron chi connectivity index (χ1n) is 11.4. The lowest BCUT2D eigenvalue weighted by atomic mass is 9.96. The Labute approximate surface area is 193 Å². The molecule has 5 nitrogen and oxygen atoms in total. The van der Waals surface area contributed by atoms with E-state index >= 15 is 0 Å². The van der Waals surface area contributed by atoms with Crippen molar-refractivity contribution in [2.75, 3.05) is 10.6 Å².